The van der Waals surface area contributed by atoms with Gasteiger partial charge in [-0.25, -0.2) is 4.39 Å². The lowest BCUT2D eigenvalue weighted by Crippen LogP contribution is -2.02. The summed E-state index contributed by atoms with van der Waals surface area (Å²) in [6.45, 7) is 2.00. The van der Waals surface area contributed by atoms with E-state index in [1.165, 1.54) is 12.1 Å². The average Bonchev–Trinajstić information content (AvgIpc) is 2.50. The molecule has 0 radical (unpaired) electrons. The standard InChI is InChI=1S/C18H15BrFNO/c1-11-15(8-9-22)18(12-2-5-14(20)6-3-12)16-10-13(19)4-7-17(16)21-11/h2-7,10,22H,8-9H2,1H3. The first-order chi connectivity index (χ1) is 10.6. The van der Waals surface area contributed by atoms with E-state index >= 15 is 0 Å². The summed E-state index contributed by atoms with van der Waals surface area (Å²) in [7, 11) is 0. The molecule has 0 aliphatic heterocycles. The maximum atomic E-state index is 13.2. The van der Waals surface area contributed by atoms with Gasteiger partial charge < -0.3 is 5.11 Å². The quantitative estimate of drug-likeness (QED) is 0.738. The van der Waals surface area contributed by atoms with Crippen LogP contribution in [-0.2, 0) is 6.42 Å². The van der Waals surface area contributed by atoms with Crippen molar-refractivity contribution in [2.24, 2.45) is 0 Å². The van der Waals surface area contributed by atoms with Crippen molar-refractivity contribution < 1.29 is 9.50 Å². The molecule has 22 heavy (non-hydrogen) atoms. The molecule has 4 heteroatoms. The molecule has 0 atom stereocenters. The maximum absolute atomic E-state index is 13.2. The molecular weight excluding hydrogens is 345 g/mol. The minimum absolute atomic E-state index is 0.0518. The van der Waals surface area contributed by atoms with Gasteiger partial charge in [-0.2, -0.15) is 0 Å². The van der Waals surface area contributed by atoms with E-state index in [1.807, 2.05) is 25.1 Å². The van der Waals surface area contributed by atoms with Gasteiger partial charge in [0.25, 0.3) is 0 Å². The molecular formula is C18H15BrFNO. The molecule has 0 spiro atoms. The van der Waals surface area contributed by atoms with Gasteiger partial charge >= 0.3 is 0 Å². The fourth-order valence-electron chi connectivity index (χ4n) is 2.76. The predicted octanol–water partition coefficient (Wildman–Crippen LogP) is 4.65. The van der Waals surface area contributed by atoms with Crippen LogP contribution in [0.1, 0.15) is 11.3 Å². The van der Waals surface area contributed by atoms with Crippen molar-refractivity contribution in [3.8, 4) is 11.1 Å². The number of hydrogen-bond donors (Lipinski definition) is 1. The highest BCUT2D eigenvalue weighted by Gasteiger charge is 2.14. The van der Waals surface area contributed by atoms with Crippen molar-refractivity contribution in [2.75, 3.05) is 6.61 Å². The molecule has 112 valence electrons. The van der Waals surface area contributed by atoms with Gasteiger partial charge in [-0.15, -0.1) is 0 Å². The topological polar surface area (TPSA) is 33.1 Å². The zero-order chi connectivity index (χ0) is 15.7. The van der Waals surface area contributed by atoms with Gasteiger partial charge in [0.1, 0.15) is 5.82 Å². The maximum Gasteiger partial charge on any atom is 0.123 e. The number of rotatable bonds is 3. The van der Waals surface area contributed by atoms with E-state index in [0.29, 0.717) is 6.42 Å². The third-order valence-corrected chi connectivity index (χ3v) is 4.24. The van der Waals surface area contributed by atoms with Gasteiger partial charge in [0.15, 0.2) is 0 Å². The molecule has 0 unspecified atom stereocenters. The molecule has 2 nitrogen and oxygen atoms in total. The van der Waals surface area contributed by atoms with Crippen molar-refractivity contribution in [2.45, 2.75) is 13.3 Å². The van der Waals surface area contributed by atoms with Crippen LogP contribution in [0.4, 0.5) is 4.39 Å². The molecule has 1 heterocycles. The second kappa shape index (κ2) is 6.15. The Hall–Kier alpha value is -1.78. The number of aliphatic hydroxyl groups excluding tert-OH is 1. The summed E-state index contributed by atoms with van der Waals surface area (Å²) in [4.78, 5) is 4.63. The van der Waals surface area contributed by atoms with Crippen LogP contribution in [0.5, 0.6) is 0 Å². The van der Waals surface area contributed by atoms with Gasteiger partial charge in [-0.05, 0) is 60.4 Å². The van der Waals surface area contributed by atoms with E-state index in [0.717, 1.165) is 37.8 Å². The van der Waals surface area contributed by atoms with Crippen LogP contribution in [0.25, 0.3) is 22.0 Å². The molecule has 0 aliphatic carbocycles. The van der Waals surface area contributed by atoms with Crippen LogP contribution in [0.2, 0.25) is 0 Å². The number of aliphatic hydroxyl groups is 1. The third kappa shape index (κ3) is 2.76. The largest absolute Gasteiger partial charge is 0.396 e. The lowest BCUT2D eigenvalue weighted by molar-refractivity contribution is 0.299. The van der Waals surface area contributed by atoms with Gasteiger partial charge in [0.05, 0.1) is 5.52 Å². The lowest BCUT2D eigenvalue weighted by Gasteiger charge is -2.15. The van der Waals surface area contributed by atoms with Crippen molar-refractivity contribution in [3.05, 3.63) is 64.0 Å². The van der Waals surface area contributed by atoms with Crippen LogP contribution >= 0.6 is 15.9 Å². The molecule has 3 rings (SSSR count). The number of aromatic nitrogens is 1. The van der Waals surface area contributed by atoms with Gasteiger partial charge in [-0.1, -0.05) is 28.1 Å². The second-order valence-corrected chi connectivity index (χ2v) is 6.11. The first-order valence-electron chi connectivity index (χ1n) is 7.05. The summed E-state index contributed by atoms with van der Waals surface area (Å²) >= 11 is 3.50. The van der Waals surface area contributed by atoms with E-state index in [1.54, 1.807) is 12.1 Å². The van der Waals surface area contributed by atoms with Crippen molar-refractivity contribution in [3.63, 3.8) is 0 Å². The number of fused-ring (bicyclic) bond motifs is 1. The Bertz CT molecular complexity index is 831. The molecule has 0 aliphatic rings. The predicted molar refractivity (Wildman–Crippen MR) is 90.4 cm³/mol. The number of hydrogen-bond acceptors (Lipinski definition) is 2. The fraction of sp³-hybridized carbons (Fsp3) is 0.167. The summed E-state index contributed by atoms with van der Waals surface area (Å²) in [5, 5.41) is 10.4. The van der Waals surface area contributed by atoms with E-state index in [-0.39, 0.29) is 12.4 Å². The highest BCUT2D eigenvalue weighted by Crippen LogP contribution is 2.34. The Labute approximate surface area is 136 Å². The highest BCUT2D eigenvalue weighted by molar-refractivity contribution is 9.10. The number of aryl methyl sites for hydroxylation is 1. The lowest BCUT2D eigenvalue weighted by atomic mass is 9.93. The van der Waals surface area contributed by atoms with E-state index in [2.05, 4.69) is 20.9 Å². The summed E-state index contributed by atoms with van der Waals surface area (Å²) in [5.74, 6) is -0.260. The van der Waals surface area contributed by atoms with Crippen molar-refractivity contribution in [1.82, 2.24) is 4.98 Å². The Balaban J connectivity index is 2.38. The van der Waals surface area contributed by atoms with Crippen LogP contribution in [0.3, 0.4) is 0 Å². The Morgan fingerprint density at radius 1 is 1.14 bits per heavy atom. The molecule has 0 bridgehead atoms. The van der Waals surface area contributed by atoms with Crippen molar-refractivity contribution in [1.29, 1.82) is 0 Å². The average molecular weight is 360 g/mol. The number of pyridine rings is 1. The Morgan fingerprint density at radius 3 is 2.55 bits per heavy atom. The molecule has 0 saturated heterocycles. The molecule has 0 fully saturated rings. The number of nitrogens with zero attached hydrogens (tertiary/aromatic N) is 1. The minimum atomic E-state index is -0.260. The first-order valence-corrected chi connectivity index (χ1v) is 7.85. The Morgan fingerprint density at radius 2 is 1.86 bits per heavy atom. The summed E-state index contributed by atoms with van der Waals surface area (Å²) in [6, 6.07) is 12.4. The summed E-state index contributed by atoms with van der Waals surface area (Å²) < 4.78 is 14.2. The zero-order valence-corrected chi connectivity index (χ0v) is 13.7. The number of benzene rings is 2. The van der Waals surface area contributed by atoms with Crippen LogP contribution in [0.15, 0.2) is 46.9 Å². The van der Waals surface area contributed by atoms with Gasteiger partial charge in [0, 0.05) is 22.2 Å². The van der Waals surface area contributed by atoms with Crippen LogP contribution in [-0.4, -0.2) is 16.7 Å². The summed E-state index contributed by atoms with van der Waals surface area (Å²) in [6.07, 6.45) is 0.522. The van der Waals surface area contributed by atoms with Gasteiger partial charge in [0.2, 0.25) is 0 Å². The normalized spacial score (nSPS) is 11.1. The Kier molecular flexibility index (Phi) is 4.23. The van der Waals surface area contributed by atoms with Gasteiger partial charge in [-0.3, -0.25) is 4.98 Å². The molecule has 2 aromatic carbocycles. The monoisotopic (exact) mass is 359 g/mol. The first kappa shape index (κ1) is 15.1. The molecule has 3 aromatic rings. The third-order valence-electron chi connectivity index (χ3n) is 3.75. The van der Waals surface area contributed by atoms with Crippen LogP contribution in [0, 0.1) is 12.7 Å². The fourth-order valence-corrected chi connectivity index (χ4v) is 3.12. The zero-order valence-electron chi connectivity index (χ0n) is 12.1. The number of halogens is 2. The van der Waals surface area contributed by atoms with E-state index in [9.17, 15) is 9.50 Å². The second-order valence-electron chi connectivity index (χ2n) is 5.19. The molecule has 0 saturated carbocycles. The summed E-state index contributed by atoms with van der Waals surface area (Å²) in [5.41, 5.74) is 4.72. The minimum Gasteiger partial charge on any atom is -0.396 e. The molecule has 0 amide bonds. The molecule has 1 aromatic heterocycles. The smallest absolute Gasteiger partial charge is 0.123 e. The highest BCUT2D eigenvalue weighted by atomic mass is 79.9. The van der Waals surface area contributed by atoms with E-state index in [4.69, 9.17) is 0 Å². The molecule has 1 N–H and O–H groups in total. The van der Waals surface area contributed by atoms with E-state index < -0.39 is 0 Å². The van der Waals surface area contributed by atoms with Crippen molar-refractivity contribution >= 4 is 26.8 Å². The SMILES string of the molecule is Cc1nc2ccc(Br)cc2c(-c2ccc(F)cc2)c1CCO. The van der Waals surface area contributed by atoms with Crippen LogP contribution < -0.4 is 0 Å².